The van der Waals surface area contributed by atoms with Crippen LogP contribution in [0.15, 0.2) is 18.2 Å². The first-order valence-electron chi connectivity index (χ1n) is 6.34. The third-order valence-electron chi connectivity index (χ3n) is 3.68. The lowest BCUT2D eigenvalue weighted by Gasteiger charge is -2.35. The Balaban J connectivity index is 2.03. The first-order valence-corrected chi connectivity index (χ1v) is 7.73. The summed E-state index contributed by atoms with van der Waals surface area (Å²) >= 11 is 16.6. The van der Waals surface area contributed by atoms with Crippen molar-refractivity contribution in [2.24, 2.45) is 5.41 Å². The Labute approximate surface area is 124 Å². The van der Waals surface area contributed by atoms with E-state index in [0.29, 0.717) is 22.4 Å². The van der Waals surface area contributed by atoms with E-state index in [9.17, 15) is 0 Å². The highest BCUT2D eigenvalue weighted by molar-refractivity contribution is 7.80. The van der Waals surface area contributed by atoms with Gasteiger partial charge in [0.15, 0.2) is 0 Å². The zero-order chi connectivity index (χ0) is 13.0. The molecule has 0 bridgehead atoms. The SMILES string of the molecule is SCC1(COc2cc(Cl)ccc2Cl)CCCCC1. The van der Waals surface area contributed by atoms with Gasteiger partial charge < -0.3 is 4.74 Å². The summed E-state index contributed by atoms with van der Waals surface area (Å²) < 4.78 is 5.89. The Morgan fingerprint density at radius 2 is 1.89 bits per heavy atom. The molecule has 1 nitrogen and oxygen atoms in total. The van der Waals surface area contributed by atoms with Crippen molar-refractivity contribution in [1.82, 2.24) is 0 Å². The smallest absolute Gasteiger partial charge is 0.139 e. The molecule has 100 valence electrons. The highest BCUT2D eigenvalue weighted by Gasteiger charge is 2.31. The van der Waals surface area contributed by atoms with Gasteiger partial charge in [0, 0.05) is 16.5 Å². The van der Waals surface area contributed by atoms with Crippen molar-refractivity contribution in [3.8, 4) is 5.75 Å². The summed E-state index contributed by atoms with van der Waals surface area (Å²) in [7, 11) is 0. The number of benzene rings is 1. The standard InChI is InChI=1S/C14H18Cl2OS/c15-11-4-5-12(16)13(8-11)17-9-14(10-18)6-2-1-3-7-14/h4-5,8,18H,1-3,6-7,9-10H2. The van der Waals surface area contributed by atoms with E-state index in [4.69, 9.17) is 27.9 Å². The molecule has 1 aromatic carbocycles. The number of hydrogen-bond donors (Lipinski definition) is 1. The number of thiol groups is 1. The molecule has 0 aliphatic heterocycles. The van der Waals surface area contributed by atoms with Crippen LogP contribution in [0, 0.1) is 5.41 Å². The molecule has 1 aliphatic carbocycles. The average Bonchev–Trinajstić information content (AvgIpc) is 2.41. The zero-order valence-corrected chi connectivity index (χ0v) is 12.7. The van der Waals surface area contributed by atoms with Crippen LogP contribution >= 0.6 is 35.8 Å². The lowest BCUT2D eigenvalue weighted by atomic mass is 9.76. The third-order valence-corrected chi connectivity index (χ3v) is 4.89. The van der Waals surface area contributed by atoms with Crippen LogP contribution in [0.3, 0.4) is 0 Å². The molecule has 0 unspecified atom stereocenters. The van der Waals surface area contributed by atoms with Gasteiger partial charge in [0.1, 0.15) is 5.75 Å². The Hall–Kier alpha value is -0.0500. The largest absolute Gasteiger partial charge is 0.491 e. The molecule has 0 N–H and O–H groups in total. The molecular formula is C14H18Cl2OS. The molecule has 0 amide bonds. The van der Waals surface area contributed by atoms with Crippen LogP contribution in [0.5, 0.6) is 5.75 Å². The molecule has 1 saturated carbocycles. The molecule has 0 radical (unpaired) electrons. The Morgan fingerprint density at radius 1 is 1.17 bits per heavy atom. The van der Waals surface area contributed by atoms with Gasteiger partial charge in [-0.1, -0.05) is 42.5 Å². The third kappa shape index (κ3) is 3.49. The first kappa shape index (κ1) is 14.4. The predicted molar refractivity (Wildman–Crippen MR) is 81.3 cm³/mol. The van der Waals surface area contributed by atoms with Crippen LogP contribution in [0.25, 0.3) is 0 Å². The van der Waals surface area contributed by atoms with E-state index in [0.717, 1.165) is 5.75 Å². The summed E-state index contributed by atoms with van der Waals surface area (Å²) in [6.45, 7) is 0.677. The van der Waals surface area contributed by atoms with Gasteiger partial charge in [-0.05, 0) is 30.7 Å². The highest BCUT2D eigenvalue weighted by Crippen LogP contribution is 2.38. The fourth-order valence-corrected chi connectivity index (χ4v) is 3.21. The topological polar surface area (TPSA) is 9.23 Å². The molecule has 4 heteroatoms. The maximum atomic E-state index is 6.10. The maximum absolute atomic E-state index is 6.10. The second-order valence-electron chi connectivity index (χ2n) is 5.08. The fraction of sp³-hybridized carbons (Fsp3) is 0.571. The summed E-state index contributed by atoms with van der Waals surface area (Å²) in [5, 5.41) is 1.27. The van der Waals surface area contributed by atoms with E-state index < -0.39 is 0 Å². The van der Waals surface area contributed by atoms with Crippen molar-refractivity contribution >= 4 is 35.8 Å². The summed E-state index contributed by atoms with van der Waals surface area (Å²) in [5.74, 6) is 1.54. The molecule has 18 heavy (non-hydrogen) atoms. The Bertz CT molecular complexity index is 403. The fourth-order valence-electron chi connectivity index (χ4n) is 2.47. The van der Waals surface area contributed by atoms with E-state index in [1.54, 1.807) is 18.2 Å². The maximum Gasteiger partial charge on any atom is 0.139 e. The van der Waals surface area contributed by atoms with E-state index in [-0.39, 0.29) is 5.41 Å². The molecule has 1 fully saturated rings. The monoisotopic (exact) mass is 304 g/mol. The molecular weight excluding hydrogens is 287 g/mol. The molecule has 1 aromatic rings. The van der Waals surface area contributed by atoms with Crippen LogP contribution in [0.1, 0.15) is 32.1 Å². The van der Waals surface area contributed by atoms with E-state index in [2.05, 4.69) is 12.6 Å². The van der Waals surface area contributed by atoms with Crippen molar-refractivity contribution in [2.45, 2.75) is 32.1 Å². The molecule has 2 rings (SSSR count). The zero-order valence-electron chi connectivity index (χ0n) is 10.3. The van der Waals surface area contributed by atoms with Crippen molar-refractivity contribution < 1.29 is 4.74 Å². The normalized spacial score (nSPS) is 18.6. The van der Waals surface area contributed by atoms with Crippen LogP contribution in [0.4, 0.5) is 0 Å². The highest BCUT2D eigenvalue weighted by atomic mass is 35.5. The molecule has 1 aliphatic rings. The van der Waals surface area contributed by atoms with Gasteiger partial charge in [0.05, 0.1) is 11.6 Å². The summed E-state index contributed by atoms with van der Waals surface area (Å²) in [6.07, 6.45) is 6.25. The van der Waals surface area contributed by atoms with Gasteiger partial charge in [-0.2, -0.15) is 12.6 Å². The minimum atomic E-state index is 0.201. The van der Waals surface area contributed by atoms with Gasteiger partial charge in [-0.15, -0.1) is 0 Å². The molecule has 0 spiro atoms. The van der Waals surface area contributed by atoms with E-state index in [1.165, 1.54) is 32.1 Å². The van der Waals surface area contributed by atoms with Gasteiger partial charge in [0.25, 0.3) is 0 Å². The number of halogens is 2. The second kappa shape index (κ2) is 6.40. The van der Waals surface area contributed by atoms with Crippen LogP contribution in [0.2, 0.25) is 10.0 Å². The van der Waals surface area contributed by atoms with E-state index >= 15 is 0 Å². The van der Waals surface area contributed by atoms with Gasteiger partial charge in [-0.3, -0.25) is 0 Å². The minimum Gasteiger partial charge on any atom is -0.491 e. The minimum absolute atomic E-state index is 0.201. The Morgan fingerprint density at radius 3 is 2.56 bits per heavy atom. The second-order valence-corrected chi connectivity index (χ2v) is 6.24. The quantitative estimate of drug-likeness (QED) is 0.747. The molecule has 0 heterocycles. The number of hydrogen-bond acceptors (Lipinski definition) is 2. The summed E-state index contributed by atoms with van der Waals surface area (Å²) in [4.78, 5) is 0. The van der Waals surface area contributed by atoms with Gasteiger partial charge in [0.2, 0.25) is 0 Å². The first-order chi connectivity index (χ1) is 8.65. The number of ether oxygens (including phenoxy) is 1. The van der Waals surface area contributed by atoms with Crippen molar-refractivity contribution in [1.29, 1.82) is 0 Å². The van der Waals surface area contributed by atoms with Crippen molar-refractivity contribution in [3.63, 3.8) is 0 Å². The molecule has 0 saturated heterocycles. The molecule has 0 aromatic heterocycles. The summed E-state index contributed by atoms with van der Waals surface area (Å²) in [6, 6.07) is 5.32. The van der Waals surface area contributed by atoms with Gasteiger partial charge >= 0.3 is 0 Å². The predicted octanol–water partition coefficient (Wildman–Crippen LogP) is 5.25. The van der Waals surface area contributed by atoms with E-state index in [1.807, 2.05) is 0 Å². The van der Waals surface area contributed by atoms with Crippen LogP contribution in [-0.4, -0.2) is 12.4 Å². The average molecular weight is 305 g/mol. The molecule has 0 atom stereocenters. The van der Waals surface area contributed by atoms with Crippen LogP contribution < -0.4 is 4.74 Å². The Kier molecular flexibility index (Phi) is 5.11. The lowest BCUT2D eigenvalue weighted by Crippen LogP contribution is -2.33. The van der Waals surface area contributed by atoms with Gasteiger partial charge in [-0.25, -0.2) is 0 Å². The van der Waals surface area contributed by atoms with Crippen molar-refractivity contribution in [2.75, 3.05) is 12.4 Å². The number of rotatable bonds is 4. The lowest BCUT2D eigenvalue weighted by molar-refractivity contribution is 0.121. The summed E-state index contributed by atoms with van der Waals surface area (Å²) in [5.41, 5.74) is 0.201. The van der Waals surface area contributed by atoms with Crippen molar-refractivity contribution in [3.05, 3.63) is 28.2 Å². The van der Waals surface area contributed by atoms with Crippen LogP contribution in [-0.2, 0) is 0 Å².